The summed E-state index contributed by atoms with van der Waals surface area (Å²) in [5, 5.41) is 16.3. The van der Waals surface area contributed by atoms with Crippen LogP contribution >= 0.6 is 11.8 Å². The Morgan fingerprint density at radius 2 is 1.79 bits per heavy atom. The molecule has 6 nitrogen and oxygen atoms in total. The van der Waals surface area contributed by atoms with Gasteiger partial charge in [0.15, 0.2) is 11.5 Å². The molecule has 0 saturated heterocycles. The summed E-state index contributed by atoms with van der Waals surface area (Å²) in [5.74, 6) is 0.427. The molecular weight excluding hydrogens is 389 g/mol. The van der Waals surface area contributed by atoms with Crippen LogP contribution in [0.25, 0.3) is 17.0 Å². The molecule has 0 unspecified atom stereocenters. The van der Waals surface area contributed by atoms with Crippen molar-refractivity contribution in [1.29, 1.82) is 0 Å². The van der Waals surface area contributed by atoms with Gasteiger partial charge in [0.2, 0.25) is 5.91 Å². The summed E-state index contributed by atoms with van der Waals surface area (Å²) >= 11 is 1.34. The number of hydrogen-bond donors (Lipinski definition) is 1. The first kappa shape index (κ1) is 19.1. The van der Waals surface area contributed by atoms with Crippen LogP contribution in [0.2, 0.25) is 0 Å². The molecule has 0 aliphatic rings. The maximum atomic E-state index is 13.2. The van der Waals surface area contributed by atoms with E-state index < -0.39 is 0 Å². The lowest BCUT2D eigenvalue weighted by Gasteiger charge is -2.06. The fraction of sp³-hybridized carbons (Fsp3) is 0.143. The van der Waals surface area contributed by atoms with Gasteiger partial charge < -0.3 is 5.32 Å². The third-order valence-electron chi connectivity index (χ3n) is 4.27. The van der Waals surface area contributed by atoms with Crippen LogP contribution in [-0.4, -0.2) is 38.0 Å². The van der Waals surface area contributed by atoms with Gasteiger partial charge in [0.1, 0.15) is 10.8 Å². The lowest BCUT2D eigenvalue weighted by molar-refractivity contribution is -0.118. The van der Waals surface area contributed by atoms with Crippen molar-refractivity contribution in [3.8, 4) is 11.4 Å². The standard InChI is InChI=1S/C21H18FN5OS/c22-17-8-6-16(7-9-17)21-25-24-18-10-11-20(26-27(18)21)29-14-19(28)23-13-12-15-4-2-1-3-5-15/h1-11H,12-14H2,(H,23,28). The van der Waals surface area contributed by atoms with Crippen molar-refractivity contribution < 1.29 is 9.18 Å². The Hall–Kier alpha value is -3.26. The highest BCUT2D eigenvalue weighted by Gasteiger charge is 2.11. The smallest absolute Gasteiger partial charge is 0.230 e. The maximum absolute atomic E-state index is 13.2. The minimum absolute atomic E-state index is 0.0460. The van der Waals surface area contributed by atoms with Crippen LogP contribution in [0.5, 0.6) is 0 Å². The molecule has 4 rings (SSSR count). The van der Waals surface area contributed by atoms with E-state index in [-0.39, 0.29) is 17.5 Å². The molecule has 0 atom stereocenters. The van der Waals surface area contributed by atoms with Gasteiger partial charge in [0, 0.05) is 12.1 Å². The Morgan fingerprint density at radius 1 is 1.00 bits per heavy atom. The number of rotatable bonds is 7. The Bertz CT molecular complexity index is 1120. The van der Waals surface area contributed by atoms with Crippen molar-refractivity contribution >= 4 is 23.3 Å². The van der Waals surface area contributed by atoms with Crippen LogP contribution in [0.3, 0.4) is 0 Å². The average molecular weight is 407 g/mol. The number of thioether (sulfide) groups is 1. The molecule has 1 N–H and O–H groups in total. The number of fused-ring (bicyclic) bond motifs is 1. The van der Waals surface area contributed by atoms with Gasteiger partial charge >= 0.3 is 0 Å². The summed E-state index contributed by atoms with van der Waals surface area (Å²) in [4.78, 5) is 12.1. The maximum Gasteiger partial charge on any atom is 0.230 e. The molecule has 29 heavy (non-hydrogen) atoms. The number of benzene rings is 2. The van der Waals surface area contributed by atoms with E-state index >= 15 is 0 Å². The van der Waals surface area contributed by atoms with E-state index in [9.17, 15) is 9.18 Å². The third kappa shape index (κ3) is 4.78. The SMILES string of the molecule is O=C(CSc1ccc2nnc(-c3ccc(F)cc3)n2n1)NCCc1ccccc1. The molecular formula is C21H18FN5OS. The van der Waals surface area contributed by atoms with Crippen LogP contribution in [-0.2, 0) is 11.2 Å². The monoisotopic (exact) mass is 407 g/mol. The Morgan fingerprint density at radius 3 is 2.59 bits per heavy atom. The first-order valence-electron chi connectivity index (χ1n) is 9.11. The number of halogens is 1. The number of nitrogens with one attached hydrogen (secondary N) is 1. The molecule has 146 valence electrons. The second-order valence-corrected chi connectivity index (χ2v) is 7.34. The molecule has 2 aromatic heterocycles. The molecule has 0 fully saturated rings. The topological polar surface area (TPSA) is 72.2 Å². The average Bonchev–Trinajstić information content (AvgIpc) is 3.17. The second kappa shape index (κ2) is 8.83. The zero-order chi connectivity index (χ0) is 20.1. The van der Waals surface area contributed by atoms with Gasteiger partial charge in [-0.05, 0) is 48.4 Å². The summed E-state index contributed by atoms with van der Waals surface area (Å²) in [6.45, 7) is 0.593. The van der Waals surface area contributed by atoms with Gasteiger partial charge in [-0.15, -0.1) is 10.2 Å². The van der Waals surface area contributed by atoms with Crippen molar-refractivity contribution in [2.75, 3.05) is 12.3 Å². The molecule has 4 aromatic rings. The van der Waals surface area contributed by atoms with Crippen molar-refractivity contribution in [2.45, 2.75) is 11.4 Å². The van der Waals surface area contributed by atoms with E-state index in [1.54, 1.807) is 28.8 Å². The van der Waals surface area contributed by atoms with Gasteiger partial charge in [-0.25, -0.2) is 4.39 Å². The highest BCUT2D eigenvalue weighted by Crippen LogP contribution is 2.20. The zero-order valence-corrected chi connectivity index (χ0v) is 16.3. The summed E-state index contributed by atoms with van der Waals surface area (Å²) in [6, 6.07) is 19.6. The van der Waals surface area contributed by atoms with Crippen molar-refractivity contribution in [1.82, 2.24) is 25.1 Å². The minimum atomic E-state index is -0.315. The molecule has 0 saturated carbocycles. The summed E-state index contributed by atoms with van der Waals surface area (Å²) in [6.07, 6.45) is 0.795. The number of hydrogen-bond acceptors (Lipinski definition) is 5. The van der Waals surface area contributed by atoms with Gasteiger partial charge in [0.25, 0.3) is 0 Å². The van der Waals surface area contributed by atoms with Crippen molar-refractivity contribution in [2.24, 2.45) is 0 Å². The molecule has 8 heteroatoms. The highest BCUT2D eigenvalue weighted by molar-refractivity contribution is 7.99. The number of aromatic nitrogens is 4. The Balaban J connectivity index is 1.37. The van der Waals surface area contributed by atoms with Crippen LogP contribution in [0.1, 0.15) is 5.56 Å². The van der Waals surface area contributed by atoms with E-state index in [1.807, 2.05) is 30.3 Å². The first-order valence-corrected chi connectivity index (χ1v) is 10.1. The predicted molar refractivity (Wildman–Crippen MR) is 110 cm³/mol. The zero-order valence-electron chi connectivity index (χ0n) is 15.5. The molecule has 0 bridgehead atoms. The van der Waals surface area contributed by atoms with Crippen molar-refractivity contribution in [3.05, 3.63) is 78.1 Å². The van der Waals surface area contributed by atoms with Gasteiger partial charge in [-0.2, -0.15) is 9.61 Å². The fourth-order valence-electron chi connectivity index (χ4n) is 2.81. The normalized spacial score (nSPS) is 10.9. The number of amides is 1. The fourth-order valence-corrected chi connectivity index (χ4v) is 3.49. The molecule has 0 aliphatic carbocycles. The van der Waals surface area contributed by atoms with E-state index in [1.165, 1.54) is 29.5 Å². The van der Waals surface area contributed by atoms with E-state index in [0.717, 1.165) is 6.42 Å². The molecule has 0 spiro atoms. The molecule has 0 radical (unpaired) electrons. The Labute approximate surface area is 171 Å². The molecule has 1 amide bonds. The van der Waals surface area contributed by atoms with Crippen molar-refractivity contribution in [3.63, 3.8) is 0 Å². The molecule has 0 aliphatic heterocycles. The molecule has 2 heterocycles. The summed E-state index contributed by atoms with van der Waals surface area (Å²) in [5.41, 5.74) is 2.49. The van der Waals surface area contributed by atoms with E-state index in [0.29, 0.717) is 28.6 Å². The largest absolute Gasteiger partial charge is 0.355 e. The van der Waals surface area contributed by atoms with Crippen LogP contribution in [0.4, 0.5) is 4.39 Å². The van der Waals surface area contributed by atoms with E-state index in [2.05, 4.69) is 20.6 Å². The predicted octanol–water partition coefficient (Wildman–Crippen LogP) is 3.38. The third-order valence-corrected chi connectivity index (χ3v) is 5.19. The lowest BCUT2D eigenvalue weighted by atomic mass is 10.1. The summed E-state index contributed by atoms with van der Waals surface area (Å²) in [7, 11) is 0. The van der Waals surface area contributed by atoms with Gasteiger partial charge in [-0.3, -0.25) is 4.79 Å². The quantitative estimate of drug-likeness (QED) is 0.476. The number of nitrogens with zero attached hydrogens (tertiary/aromatic N) is 4. The summed E-state index contributed by atoms with van der Waals surface area (Å²) < 4.78 is 14.8. The van der Waals surface area contributed by atoms with Gasteiger partial charge in [-0.1, -0.05) is 42.1 Å². The van der Waals surface area contributed by atoms with Crippen LogP contribution < -0.4 is 5.32 Å². The Kier molecular flexibility index (Phi) is 5.81. The van der Waals surface area contributed by atoms with E-state index in [4.69, 9.17) is 0 Å². The second-order valence-electron chi connectivity index (χ2n) is 6.35. The van der Waals surface area contributed by atoms with Crippen LogP contribution in [0.15, 0.2) is 71.8 Å². The molecule has 2 aromatic carbocycles. The van der Waals surface area contributed by atoms with Gasteiger partial charge in [0.05, 0.1) is 5.75 Å². The van der Waals surface area contributed by atoms with Crippen LogP contribution in [0, 0.1) is 5.82 Å². The minimum Gasteiger partial charge on any atom is -0.355 e. The highest BCUT2D eigenvalue weighted by atomic mass is 32.2. The first-order chi connectivity index (χ1) is 14.2. The lowest BCUT2D eigenvalue weighted by Crippen LogP contribution is -2.27. The number of carbonyl (C=O) groups is 1. The number of carbonyl (C=O) groups excluding carboxylic acids is 1.